The number of nitrogens with one attached hydrogen (secondary N) is 2. The van der Waals surface area contributed by atoms with Gasteiger partial charge in [-0.3, -0.25) is 4.79 Å². The van der Waals surface area contributed by atoms with Gasteiger partial charge in [0.05, 0.1) is 31.5 Å². The monoisotopic (exact) mass is 396 g/mol. The lowest BCUT2D eigenvalue weighted by molar-refractivity contribution is -0.114. The number of hydrogen-bond donors (Lipinski definition) is 2. The largest absolute Gasteiger partial charge is 0.495 e. The summed E-state index contributed by atoms with van der Waals surface area (Å²) in [5.74, 6) is 0.703. The van der Waals surface area contributed by atoms with E-state index in [0.717, 1.165) is 16.8 Å². The number of carbonyl (C=O) groups excluding carboxylic acids is 1. The molecule has 0 radical (unpaired) electrons. The van der Waals surface area contributed by atoms with E-state index in [2.05, 4.69) is 10.6 Å². The fourth-order valence-electron chi connectivity index (χ4n) is 2.83. The van der Waals surface area contributed by atoms with Gasteiger partial charge in [-0.05, 0) is 11.6 Å². The second-order valence-corrected chi connectivity index (χ2v) is 6.41. The molecular weight excluding hydrogens is 376 g/mol. The molecule has 0 aliphatic rings. The molecule has 0 bridgehead atoms. The molecule has 0 atom stereocenters. The van der Waals surface area contributed by atoms with Crippen molar-refractivity contribution in [3.8, 4) is 22.6 Å². The van der Waals surface area contributed by atoms with Gasteiger partial charge in [0.25, 0.3) is 0 Å². The molecule has 0 spiro atoms. The lowest BCUT2D eigenvalue weighted by atomic mass is 10.0. The first-order valence-corrected chi connectivity index (χ1v) is 9.10. The van der Waals surface area contributed by atoms with E-state index in [1.807, 2.05) is 54.6 Å². The van der Waals surface area contributed by atoms with Gasteiger partial charge in [-0.1, -0.05) is 60.1 Å². The zero-order valence-electron chi connectivity index (χ0n) is 15.7. The topological polar surface area (TPSA) is 59.6 Å². The fourth-order valence-corrected chi connectivity index (χ4v) is 3.07. The number of halogens is 1. The Bertz CT molecular complexity index is 961. The second-order valence-electron chi connectivity index (χ2n) is 6.00. The first-order chi connectivity index (χ1) is 13.6. The number of para-hydroxylation sites is 1. The Labute approximate surface area is 169 Å². The fraction of sp³-hybridized carbons (Fsp3) is 0.136. The number of methoxy groups -OCH3 is 2. The number of ether oxygens (including phenoxy) is 2. The predicted molar refractivity (Wildman–Crippen MR) is 114 cm³/mol. The van der Waals surface area contributed by atoms with Gasteiger partial charge < -0.3 is 20.1 Å². The SMILES string of the molecule is COc1cc(NC(=O)CNc2ccccc2-c2ccccc2)c(OC)cc1Cl. The highest BCUT2D eigenvalue weighted by molar-refractivity contribution is 6.32. The maximum Gasteiger partial charge on any atom is 0.243 e. The molecule has 0 aliphatic heterocycles. The van der Waals surface area contributed by atoms with Crippen molar-refractivity contribution in [2.24, 2.45) is 0 Å². The Hall–Kier alpha value is -3.18. The maximum absolute atomic E-state index is 12.5. The summed E-state index contributed by atoms with van der Waals surface area (Å²) in [5.41, 5.74) is 3.48. The summed E-state index contributed by atoms with van der Waals surface area (Å²) in [6.45, 7) is 0.0952. The van der Waals surface area contributed by atoms with Crippen molar-refractivity contribution in [2.75, 3.05) is 31.4 Å². The minimum atomic E-state index is -0.217. The molecule has 3 aromatic carbocycles. The quantitative estimate of drug-likeness (QED) is 0.585. The smallest absolute Gasteiger partial charge is 0.243 e. The highest BCUT2D eigenvalue weighted by Gasteiger charge is 2.13. The summed E-state index contributed by atoms with van der Waals surface area (Å²) in [4.78, 5) is 12.5. The molecule has 3 aromatic rings. The molecule has 3 rings (SSSR count). The molecule has 0 aliphatic carbocycles. The molecule has 0 heterocycles. The van der Waals surface area contributed by atoms with Crippen LogP contribution >= 0.6 is 11.6 Å². The molecule has 5 nitrogen and oxygen atoms in total. The van der Waals surface area contributed by atoms with E-state index in [-0.39, 0.29) is 12.5 Å². The van der Waals surface area contributed by atoms with Crippen LogP contribution in [-0.2, 0) is 4.79 Å². The van der Waals surface area contributed by atoms with Crippen LogP contribution in [0.3, 0.4) is 0 Å². The van der Waals surface area contributed by atoms with Crippen LogP contribution in [0.2, 0.25) is 5.02 Å². The van der Waals surface area contributed by atoms with Crippen molar-refractivity contribution in [2.45, 2.75) is 0 Å². The standard InChI is InChI=1S/C22H21ClN2O3/c1-27-20-13-19(21(28-2)12-17(20)23)25-22(26)14-24-18-11-7-6-10-16(18)15-8-4-3-5-9-15/h3-13,24H,14H2,1-2H3,(H,25,26). The Morgan fingerprint density at radius 1 is 0.893 bits per heavy atom. The molecule has 0 saturated carbocycles. The van der Waals surface area contributed by atoms with Crippen molar-refractivity contribution < 1.29 is 14.3 Å². The third kappa shape index (κ3) is 4.56. The summed E-state index contributed by atoms with van der Waals surface area (Å²) in [5, 5.41) is 6.44. The first-order valence-electron chi connectivity index (χ1n) is 8.72. The number of anilines is 2. The van der Waals surface area contributed by atoms with Gasteiger partial charge >= 0.3 is 0 Å². The number of hydrogen-bond acceptors (Lipinski definition) is 4. The van der Waals surface area contributed by atoms with Crippen LogP contribution in [0, 0.1) is 0 Å². The second kappa shape index (κ2) is 9.15. The molecule has 0 unspecified atom stereocenters. The van der Waals surface area contributed by atoms with Crippen molar-refractivity contribution in [3.63, 3.8) is 0 Å². The number of carbonyl (C=O) groups is 1. The van der Waals surface area contributed by atoms with Crippen LogP contribution in [0.15, 0.2) is 66.7 Å². The Morgan fingerprint density at radius 2 is 1.57 bits per heavy atom. The lowest BCUT2D eigenvalue weighted by Crippen LogP contribution is -2.22. The van der Waals surface area contributed by atoms with Crippen LogP contribution in [0.5, 0.6) is 11.5 Å². The van der Waals surface area contributed by atoms with E-state index in [1.54, 1.807) is 12.1 Å². The molecule has 0 aromatic heterocycles. The van der Waals surface area contributed by atoms with Crippen LogP contribution in [-0.4, -0.2) is 26.7 Å². The minimum Gasteiger partial charge on any atom is -0.495 e. The predicted octanol–water partition coefficient (Wildman–Crippen LogP) is 5.07. The summed E-state index contributed by atoms with van der Waals surface area (Å²) in [6, 6.07) is 21.1. The van der Waals surface area contributed by atoms with Crippen LogP contribution in [0.4, 0.5) is 11.4 Å². The average Bonchev–Trinajstić information content (AvgIpc) is 2.74. The van der Waals surface area contributed by atoms with Crippen molar-refractivity contribution >= 4 is 28.9 Å². The zero-order valence-corrected chi connectivity index (χ0v) is 16.4. The third-order valence-corrected chi connectivity index (χ3v) is 4.49. The van der Waals surface area contributed by atoms with Gasteiger partial charge in [0.1, 0.15) is 11.5 Å². The van der Waals surface area contributed by atoms with Crippen LogP contribution in [0.25, 0.3) is 11.1 Å². The maximum atomic E-state index is 12.5. The first kappa shape index (κ1) is 19.6. The van der Waals surface area contributed by atoms with E-state index in [9.17, 15) is 4.79 Å². The van der Waals surface area contributed by atoms with E-state index in [0.29, 0.717) is 22.2 Å². The van der Waals surface area contributed by atoms with Crippen LogP contribution in [0.1, 0.15) is 0 Å². The van der Waals surface area contributed by atoms with Gasteiger partial charge in [-0.25, -0.2) is 0 Å². The summed E-state index contributed by atoms with van der Waals surface area (Å²) in [6.07, 6.45) is 0. The van der Waals surface area contributed by atoms with E-state index in [1.165, 1.54) is 14.2 Å². The molecule has 0 fully saturated rings. The van der Waals surface area contributed by atoms with E-state index in [4.69, 9.17) is 21.1 Å². The minimum absolute atomic E-state index is 0.0952. The van der Waals surface area contributed by atoms with Crippen molar-refractivity contribution in [3.05, 3.63) is 71.8 Å². The molecule has 6 heteroatoms. The molecule has 0 saturated heterocycles. The average molecular weight is 397 g/mol. The Morgan fingerprint density at radius 3 is 2.29 bits per heavy atom. The normalized spacial score (nSPS) is 10.2. The molecule has 28 heavy (non-hydrogen) atoms. The van der Waals surface area contributed by atoms with Gasteiger partial charge in [0.2, 0.25) is 5.91 Å². The van der Waals surface area contributed by atoms with E-state index < -0.39 is 0 Å². The van der Waals surface area contributed by atoms with Gasteiger partial charge in [-0.2, -0.15) is 0 Å². The van der Waals surface area contributed by atoms with Gasteiger partial charge in [0.15, 0.2) is 0 Å². The molecule has 2 N–H and O–H groups in total. The lowest BCUT2D eigenvalue weighted by Gasteiger charge is -2.15. The summed E-state index contributed by atoms with van der Waals surface area (Å²) >= 11 is 6.10. The molecular formula is C22H21ClN2O3. The highest BCUT2D eigenvalue weighted by Crippen LogP contribution is 2.36. The van der Waals surface area contributed by atoms with Crippen molar-refractivity contribution in [1.29, 1.82) is 0 Å². The highest BCUT2D eigenvalue weighted by atomic mass is 35.5. The van der Waals surface area contributed by atoms with Gasteiger partial charge in [0, 0.05) is 23.4 Å². The number of amides is 1. The third-order valence-electron chi connectivity index (χ3n) is 4.20. The number of rotatable bonds is 7. The summed E-state index contributed by atoms with van der Waals surface area (Å²) < 4.78 is 10.5. The van der Waals surface area contributed by atoms with E-state index >= 15 is 0 Å². The van der Waals surface area contributed by atoms with Gasteiger partial charge in [-0.15, -0.1) is 0 Å². The molecule has 1 amide bonds. The number of benzene rings is 3. The summed E-state index contributed by atoms with van der Waals surface area (Å²) in [7, 11) is 3.03. The van der Waals surface area contributed by atoms with Crippen LogP contribution < -0.4 is 20.1 Å². The molecule has 144 valence electrons. The Balaban J connectivity index is 1.73. The van der Waals surface area contributed by atoms with Crippen molar-refractivity contribution in [1.82, 2.24) is 0 Å². The Kier molecular flexibility index (Phi) is 6.40. The zero-order chi connectivity index (χ0) is 19.9.